The Morgan fingerprint density at radius 1 is 0.688 bits per heavy atom. The van der Waals surface area contributed by atoms with Gasteiger partial charge in [0.2, 0.25) is 0 Å². The molecule has 0 aliphatic heterocycles. The minimum absolute atomic E-state index is 0.179. The van der Waals surface area contributed by atoms with E-state index < -0.39 is 19.2 Å². The summed E-state index contributed by atoms with van der Waals surface area (Å²) in [6, 6.07) is 15.1. The van der Waals surface area contributed by atoms with Crippen molar-refractivity contribution >= 4 is 19.9 Å². The van der Waals surface area contributed by atoms with Crippen LogP contribution in [0.15, 0.2) is 48.5 Å². The van der Waals surface area contributed by atoms with Crippen LogP contribution in [0.3, 0.4) is 0 Å². The number of rotatable bonds is 24. The van der Waals surface area contributed by atoms with Gasteiger partial charge in [0, 0.05) is 30.8 Å². The maximum atomic E-state index is 15.2. The SMILES string of the molecule is CCOC(=O)C(CCCCCCCCCCOCCCCCC=O)P(=O)(Oc1ccccc1C(C)(C)C)Oc1ccccc1C(C)(C)C. The Kier molecular flexibility index (Phi) is 18.6. The fraction of sp³-hybridized carbons (Fsp3) is 0.650. The number of aldehydes is 1. The molecular weight excluding hydrogens is 623 g/mol. The van der Waals surface area contributed by atoms with Gasteiger partial charge in [-0.3, -0.25) is 4.79 Å². The summed E-state index contributed by atoms with van der Waals surface area (Å²) in [6.07, 6.45) is 13.3. The van der Waals surface area contributed by atoms with Gasteiger partial charge in [0.25, 0.3) is 0 Å². The molecule has 7 nitrogen and oxygen atoms in total. The molecule has 1 atom stereocenters. The summed E-state index contributed by atoms with van der Waals surface area (Å²) in [7, 11) is -4.14. The van der Waals surface area contributed by atoms with Gasteiger partial charge in [-0.05, 0) is 55.6 Å². The lowest BCUT2D eigenvalue weighted by Crippen LogP contribution is -2.29. The smallest absolute Gasteiger partial charge is 0.445 e. The largest absolute Gasteiger partial charge is 0.465 e. The highest BCUT2D eigenvalue weighted by Gasteiger charge is 2.46. The number of carbonyl (C=O) groups excluding carboxylic acids is 2. The monoisotopic (exact) mass is 686 g/mol. The summed E-state index contributed by atoms with van der Waals surface area (Å²) >= 11 is 0. The molecule has 0 N–H and O–H groups in total. The predicted molar refractivity (Wildman–Crippen MR) is 196 cm³/mol. The molecule has 8 heteroatoms. The number of ether oxygens (including phenoxy) is 2. The number of para-hydroxylation sites is 2. The van der Waals surface area contributed by atoms with Gasteiger partial charge in [-0.1, -0.05) is 129 Å². The van der Waals surface area contributed by atoms with Crippen molar-refractivity contribution in [3.63, 3.8) is 0 Å². The van der Waals surface area contributed by atoms with E-state index in [-0.39, 0.29) is 17.4 Å². The molecule has 0 heterocycles. The zero-order valence-corrected chi connectivity index (χ0v) is 31.8. The summed E-state index contributed by atoms with van der Waals surface area (Å²) in [5, 5.41) is 0. The molecule has 0 fully saturated rings. The van der Waals surface area contributed by atoms with Crippen molar-refractivity contribution in [2.45, 2.75) is 148 Å². The Bertz CT molecular complexity index is 1200. The van der Waals surface area contributed by atoms with E-state index in [0.717, 1.165) is 88.4 Å². The van der Waals surface area contributed by atoms with Crippen LogP contribution in [0.1, 0.15) is 143 Å². The van der Waals surface area contributed by atoms with Gasteiger partial charge in [-0.25, -0.2) is 4.57 Å². The second kappa shape index (κ2) is 21.5. The first-order valence-electron chi connectivity index (χ1n) is 18.2. The average molecular weight is 687 g/mol. The second-order valence-corrected chi connectivity index (χ2v) is 16.8. The first-order chi connectivity index (χ1) is 22.8. The molecular formula is C40H63O7P. The standard InChI is InChI=1S/C40H63O7P/c1-8-45-38(42)37(29-17-13-11-9-10-12-15-23-31-44-32-24-16-14-22-30-41)48(43,46-35-27-20-18-25-33(35)39(2,3)4)47-36-28-21-19-26-34(36)40(5,6)7/h18-21,25-28,30,37H,8-17,22-24,29,31-32H2,1-7H3. The van der Waals surface area contributed by atoms with E-state index in [1.807, 2.05) is 36.4 Å². The Morgan fingerprint density at radius 3 is 1.58 bits per heavy atom. The molecule has 0 aromatic heterocycles. The van der Waals surface area contributed by atoms with E-state index in [0.29, 0.717) is 30.8 Å². The van der Waals surface area contributed by atoms with Crippen molar-refractivity contribution in [2.75, 3.05) is 19.8 Å². The van der Waals surface area contributed by atoms with Gasteiger partial charge in [-0.2, -0.15) is 0 Å². The van der Waals surface area contributed by atoms with E-state index in [4.69, 9.17) is 18.5 Å². The molecule has 0 aliphatic rings. The molecule has 270 valence electrons. The molecule has 2 aromatic rings. The van der Waals surface area contributed by atoms with Crippen molar-refractivity contribution in [3.8, 4) is 11.5 Å². The molecule has 2 aromatic carbocycles. The minimum atomic E-state index is -4.14. The van der Waals surface area contributed by atoms with Crippen LogP contribution in [0, 0.1) is 0 Å². The number of benzene rings is 2. The van der Waals surface area contributed by atoms with Crippen LogP contribution in [0.2, 0.25) is 0 Å². The van der Waals surface area contributed by atoms with Gasteiger partial charge in [0.05, 0.1) is 6.61 Å². The maximum absolute atomic E-state index is 15.2. The highest BCUT2D eigenvalue weighted by Crippen LogP contribution is 2.57. The molecule has 0 radical (unpaired) electrons. The summed E-state index contributed by atoms with van der Waals surface area (Å²) in [4.78, 5) is 23.9. The lowest BCUT2D eigenvalue weighted by molar-refractivity contribution is -0.143. The molecule has 0 bridgehead atoms. The lowest BCUT2D eigenvalue weighted by atomic mass is 9.86. The fourth-order valence-electron chi connectivity index (χ4n) is 5.71. The Labute approximate surface area is 291 Å². The van der Waals surface area contributed by atoms with E-state index in [9.17, 15) is 9.59 Å². The van der Waals surface area contributed by atoms with Crippen molar-refractivity contribution in [1.29, 1.82) is 0 Å². The zero-order valence-electron chi connectivity index (χ0n) is 30.9. The summed E-state index contributed by atoms with van der Waals surface area (Å²) in [5.74, 6) is 0.359. The third kappa shape index (κ3) is 14.9. The molecule has 0 saturated heterocycles. The third-order valence-electron chi connectivity index (χ3n) is 8.41. The van der Waals surface area contributed by atoms with Crippen LogP contribution in [0.4, 0.5) is 0 Å². The first kappa shape index (κ1) is 41.5. The van der Waals surface area contributed by atoms with Crippen molar-refractivity contribution in [1.82, 2.24) is 0 Å². The summed E-state index contributed by atoms with van der Waals surface area (Å²) in [5.41, 5.74) is 0.143. The van der Waals surface area contributed by atoms with Crippen molar-refractivity contribution in [3.05, 3.63) is 59.7 Å². The molecule has 2 rings (SSSR count). The third-order valence-corrected chi connectivity index (χ3v) is 10.5. The van der Waals surface area contributed by atoms with Gasteiger partial charge in [-0.15, -0.1) is 0 Å². The average Bonchev–Trinajstić information content (AvgIpc) is 3.02. The number of unbranched alkanes of at least 4 members (excludes halogenated alkanes) is 10. The van der Waals surface area contributed by atoms with Crippen LogP contribution >= 0.6 is 7.60 Å². The molecule has 0 saturated carbocycles. The van der Waals surface area contributed by atoms with E-state index >= 15 is 4.57 Å². The Balaban J connectivity index is 2.08. The second-order valence-electron chi connectivity index (χ2n) is 14.7. The lowest BCUT2D eigenvalue weighted by Gasteiger charge is -2.31. The molecule has 0 amide bonds. The Hall–Kier alpha value is -2.63. The number of hydrogen-bond donors (Lipinski definition) is 0. The normalized spacial score (nSPS) is 12.8. The van der Waals surface area contributed by atoms with Crippen LogP contribution in [-0.2, 0) is 34.5 Å². The van der Waals surface area contributed by atoms with Gasteiger partial charge in [0.15, 0.2) is 5.66 Å². The number of esters is 1. The molecule has 0 spiro atoms. The van der Waals surface area contributed by atoms with Crippen LogP contribution < -0.4 is 9.05 Å². The van der Waals surface area contributed by atoms with E-state index in [1.165, 1.54) is 6.42 Å². The molecule has 1 unspecified atom stereocenters. The topological polar surface area (TPSA) is 88.1 Å². The van der Waals surface area contributed by atoms with Crippen molar-refractivity contribution in [2.24, 2.45) is 0 Å². The van der Waals surface area contributed by atoms with Gasteiger partial charge >= 0.3 is 13.6 Å². The van der Waals surface area contributed by atoms with Crippen LogP contribution in [0.25, 0.3) is 0 Å². The van der Waals surface area contributed by atoms with E-state index in [1.54, 1.807) is 19.1 Å². The molecule has 48 heavy (non-hydrogen) atoms. The van der Waals surface area contributed by atoms with E-state index in [2.05, 4.69) is 41.5 Å². The zero-order chi connectivity index (χ0) is 35.5. The van der Waals surface area contributed by atoms with Crippen molar-refractivity contribution < 1.29 is 32.7 Å². The number of carbonyl (C=O) groups is 2. The first-order valence-corrected chi connectivity index (χ1v) is 19.8. The maximum Gasteiger partial charge on any atom is 0.445 e. The summed E-state index contributed by atoms with van der Waals surface area (Å²) < 4.78 is 39.3. The predicted octanol–water partition coefficient (Wildman–Crippen LogP) is 11.2. The quantitative estimate of drug-likeness (QED) is 0.0470. The highest BCUT2D eigenvalue weighted by atomic mass is 31.2. The number of hydrogen-bond acceptors (Lipinski definition) is 7. The van der Waals surface area contributed by atoms with Gasteiger partial charge in [0.1, 0.15) is 17.8 Å². The summed E-state index contributed by atoms with van der Waals surface area (Å²) in [6.45, 7) is 16.0. The fourth-order valence-corrected chi connectivity index (χ4v) is 7.70. The highest BCUT2D eigenvalue weighted by molar-refractivity contribution is 7.56. The van der Waals surface area contributed by atoms with Crippen LogP contribution in [0.5, 0.6) is 11.5 Å². The van der Waals surface area contributed by atoms with Crippen LogP contribution in [-0.4, -0.2) is 37.7 Å². The minimum Gasteiger partial charge on any atom is -0.465 e. The van der Waals surface area contributed by atoms with Gasteiger partial charge < -0.3 is 23.3 Å². The Morgan fingerprint density at radius 2 is 1.12 bits per heavy atom. The molecule has 0 aliphatic carbocycles.